The van der Waals surface area contributed by atoms with Gasteiger partial charge in [0.1, 0.15) is 0 Å². The van der Waals surface area contributed by atoms with E-state index in [0.717, 1.165) is 40.5 Å². The van der Waals surface area contributed by atoms with Crippen LogP contribution in [0.3, 0.4) is 0 Å². The molecule has 8 aromatic rings. The highest BCUT2D eigenvalue weighted by Gasteiger charge is 2.19. The van der Waals surface area contributed by atoms with Crippen molar-refractivity contribution in [2.45, 2.75) is 117 Å². The Bertz CT molecular complexity index is 2620. The van der Waals surface area contributed by atoms with Crippen molar-refractivity contribution in [3.8, 4) is 11.4 Å². The Labute approximate surface area is 381 Å². The molecule has 0 amide bonds. The van der Waals surface area contributed by atoms with E-state index in [1.807, 2.05) is 95.2 Å². The first-order chi connectivity index (χ1) is 30.8. The van der Waals surface area contributed by atoms with Crippen LogP contribution < -0.4 is 10.6 Å². The molecule has 0 spiro atoms. The van der Waals surface area contributed by atoms with Gasteiger partial charge < -0.3 is 19.8 Å². The van der Waals surface area contributed by atoms with Crippen LogP contribution in [0.1, 0.15) is 124 Å². The summed E-state index contributed by atoms with van der Waals surface area (Å²) in [5, 5.41) is 3.85. The number of anilines is 4. The third-order valence-electron chi connectivity index (χ3n) is 10.3. The molecule has 4 heteroatoms. The van der Waals surface area contributed by atoms with Crippen LogP contribution in [0.15, 0.2) is 139 Å². The number of nitrogens with zero attached hydrogens (tertiary/aromatic N) is 3. The molecule has 0 unspecified atom stereocenters. The molecular weight excluding hydrogens is 765 g/mol. The zero-order valence-corrected chi connectivity index (χ0v) is 41.5. The zero-order valence-electron chi connectivity index (χ0n) is 41.5. The van der Waals surface area contributed by atoms with Crippen LogP contribution in [-0.4, -0.2) is 9.13 Å². The van der Waals surface area contributed by atoms with Crippen molar-refractivity contribution in [3.05, 3.63) is 167 Å². The maximum Gasteiger partial charge on any atom is 0.0541 e. The highest BCUT2D eigenvalue weighted by Crippen LogP contribution is 2.40. The summed E-state index contributed by atoms with van der Waals surface area (Å²) >= 11 is 0. The average molecular weight is 841 g/mol. The number of benzene rings is 6. The van der Waals surface area contributed by atoms with Gasteiger partial charge in [0.2, 0.25) is 0 Å². The summed E-state index contributed by atoms with van der Waals surface area (Å²) < 4.78 is 4.78. The van der Waals surface area contributed by atoms with Crippen LogP contribution in [0.25, 0.3) is 56.2 Å². The smallest absolute Gasteiger partial charge is 0.0541 e. The van der Waals surface area contributed by atoms with Crippen LogP contribution in [0, 0.1) is 20.8 Å². The molecule has 2 heterocycles. The van der Waals surface area contributed by atoms with E-state index in [9.17, 15) is 0 Å². The lowest BCUT2D eigenvalue weighted by molar-refractivity contribution is 1.10. The molecular formula is C59H76N4. The molecule has 0 bridgehead atoms. The molecule has 2 aromatic heterocycles. The van der Waals surface area contributed by atoms with E-state index >= 15 is 0 Å². The van der Waals surface area contributed by atoms with E-state index < -0.39 is 0 Å². The monoisotopic (exact) mass is 841 g/mol. The number of aromatic nitrogens is 2. The Hall–Kier alpha value is -6.26. The molecule has 0 aliphatic heterocycles. The van der Waals surface area contributed by atoms with E-state index in [-0.39, 0.29) is 0 Å². The predicted octanol–water partition coefficient (Wildman–Crippen LogP) is 18.7. The van der Waals surface area contributed by atoms with Gasteiger partial charge in [0.05, 0.1) is 22.2 Å². The second-order valence-electron chi connectivity index (χ2n) is 14.1. The molecule has 1 aliphatic carbocycles. The summed E-state index contributed by atoms with van der Waals surface area (Å²) in [4.78, 5) is 2.30. The summed E-state index contributed by atoms with van der Waals surface area (Å²) in [5.41, 5.74) is 23.7. The molecule has 2 N–H and O–H groups in total. The van der Waals surface area contributed by atoms with Crippen LogP contribution in [0.4, 0.5) is 22.7 Å². The zero-order chi connectivity index (χ0) is 46.8. The molecule has 332 valence electrons. The number of rotatable bonds is 5. The second-order valence-corrected chi connectivity index (χ2v) is 14.1. The lowest BCUT2D eigenvalue weighted by Gasteiger charge is -2.26. The fraction of sp³-hybridized carbons (Fsp3) is 0.288. The average Bonchev–Trinajstić information content (AvgIpc) is 3.72. The molecule has 0 fully saturated rings. The largest absolute Gasteiger partial charge is 0.399 e. The quantitative estimate of drug-likeness (QED) is 0.175. The fourth-order valence-electron chi connectivity index (χ4n) is 7.81. The van der Waals surface area contributed by atoms with Crippen LogP contribution in [0.2, 0.25) is 0 Å². The number of nitrogen functional groups attached to an aromatic ring is 1. The second kappa shape index (κ2) is 25.0. The van der Waals surface area contributed by atoms with E-state index in [2.05, 4.69) is 175 Å². The Kier molecular flexibility index (Phi) is 20.3. The summed E-state index contributed by atoms with van der Waals surface area (Å²) in [6.07, 6.45) is 7.89. The lowest BCUT2D eigenvalue weighted by atomic mass is 10.1. The van der Waals surface area contributed by atoms with E-state index in [1.54, 1.807) is 0 Å². The first-order valence-electron chi connectivity index (χ1n) is 23.7. The van der Waals surface area contributed by atoms with E-state index in [1.165, 1.54) is 66.2 Å². The first kappa shape index (κ1) is 51.1. The summed E-state index contributed by atoms with van der Waals surface area (Å²) in [6.45, 7) is 32.7. The highest BCUT2D eigenvalue weighted by atomic mass is 15.1. The molecule has 1 aliphatic rings. The van der Waals surface area contributed by atoms with E-state index in [0.29, 0.717) is 0 Å². The minimum Gasteiger partial charge on any atom is -0.399 e. The minimum absolute atomic E-state index is 0.744. The Morgan fingerprint density at radius 2 is 0.794 bits per heavy atom. The minimum atomic E-state index is 0.744. The third kappa shape index (κ3) is 11.0. The van der Waals surface area contributed by atoms with Crippen molar-refractivity contribution in [2.24, 2.45) is 0 Å². The van der Waals surface area contributed by atoms with Gasteiger partial charge in [-0.2, -0.15) is 0 Å². The molecule has 0 atom stereocenters. The van der Waals surface area contributed by atoms with Gasteiger partial charge in [-0.1, -0.05) is 136 Å². The molecule has 63 heavy (non-hydrogen) atoms. The van der Waals surface area contributed by atoms with Crippen molar-refractivity contribution in [2.75, 3.05) is 10.6 Å². The highest BCUT2D eigenvalue weighted by molar-refractivity contribution is 6.09. The lowest BCUT2D eigenvalue weighted by Crippen LogP contribution is -2.10. The first-order valence-corrected chi connectivity index (χ1v) is 23.7. The SMILES string of the molecule is CC.CC.CC.CC.CC.CC.CC1=Cc2c(n(-c3ccc(N(c4ccc(N)cc4)c4ccc(-n5c6ccc(C)cc6c6cc(C)ccc65)cc4)cc3)c3ccc(C)cc23)C=CC1. The third-order valence-corrected chi connectivity index (χ3v) is 10.3. The van der Waals surface area contributed by atoms with Gasteiger partial charge in [-0.25, -0.2) is 0 Å². The van der Waals surface area contributed by atoms with Crippen LogP contribution in [-0.2, 0) is 0 Å². The maximum absolute atomic E-state index is 6.16. The predicted molar refractivity (Wildman–Crippen MR) is 286 cm³/mol. The summed E-state index contributed by atoms with van der Waals surface area (Å²) in [5.74, 6) is 0. The van der Waals surface area contributed by atoms with Crippen molar-refractivity contribution in [1.82, 2.24) is 9.13 Å². The molecule has 0 radical (unpaired) electrons. The number of hydrogen-bond donors (Lipinski definition) is 1. The number of fused-ring (bicyclic) bond motifs is 6. The number of hydrogen-bond acceptors (Lipinski definition) is 2. The van der Waals surface area contributed by atoms with Crippen molar-refractivity contribution in [3.63, 3.8) is 0 Å². The molecule has 9 rings (SSSR count). The molecule has 4 nitrogen and oxygen atoms in total. The van der Waals surface area contributed by atoms with Crippen molar-refractivity contribution in [1.29, 1.82) is 0 Å². The van der Waals surface area contributed by atoms with Gasteiger partial charge in [-0.05, 0) is 149 Å². The normalized spacial score (nSPS) is 10.9. The van der Waals surface area contributed by atoms with Gasteiger partial charge in [0.15, 0.2) is 0 Å². The molecule has 0 saturated carbocycles. The van der Waals surface area contributed by atoms with Gasteiger partial charge in [-0.3, -0.25) is 0 Å². The van der Waals surface area contributed by atoms with Crippen molar-refractivity contribution < 1.29 is 0 Å². The van der Waals surface area contributed by atoms with Gasteiger partial charge in [-0.15, -0.1) is 0 Å². The van der Waals surface area contributed by atoms with Crippen molar-refractivity contribution >= 4 is 67.6 Å². The standard InChI is InChI=1S/C47H40N4.6C2H6/c1-30-6-5-7-44-40(26-30)41-27-31(2)8-23-45(41)50(44)38-19-15-36(16-20-38)49(35-13-11-34(48)12-14-35)37-17-21-39(22-18-37)51-46-24-9-32(3)28-42(46)43-29-33(4)10-25-47(43)51;6*1-2/h5,7-29H,6,48H2,1-4H3;6*1-2H3. The number of nitrogens with two attached hydrogens (primary N) is 1. The topological polar surface area (TPSA) is 39.1 Å². The van der Waals surface area contributed by atoms with Crippen LogP contribution >= 0.6 is 0 Å². The van der Waals surface area contributed by atoms with E-state index in [4.69, 9.17) is 5.73 Å². The maximum atomic E-state index is 6.16. The summed E-state index contributed by atoms with van der Waals surface area (Å²) in [7, 11) is 0. The fourth-order valence-corrected chi connectivity index (χ4v) is 7.81. The molecule has 0 saturated heterocycles. The van der Waals surface area contributed by atoms with Gasteiger partial charge in [0.25, 0.3) is 0 Å². The van der Waals surface area contributed by atoms with Crippen LogP contribution in [0.5, 0.6) is 0 Å². The number of aryl methyl sites for hydroxylation is 3. The Balaban J connectivity index is 0.000000815. The Morgan fingerprint density at radius 1 is 0.429 bits per heavy atom. The number of allylic oxidation sites excluding steroid dienone is 2. The van der Waals surface area contributed by atoms with Gasteiger partial charge in [0, 0.05) is 55.8 Å². The summed E-state index contributed by atoms with van der Waals surface area (Å²) in [6, 6.07) is 46.3. The molecule has 6 aromatic carbocycles. The van der Waals surface area contributed by atoms with Gasteiger partial charge >= 0.3 is 0 Å². The Morgan fingerprint density at radius 3 is 1.22 bits per heavy atom.